The van der Waals surface area contributed by atoms with E-state index in [1.807, 2.05) is 30.3 Å². The average molecular weight is 265 g/mol. The molecule has 1 aromatic carbocycles. The third-order valence-corrected chi connectivity index (χ3v) is 5.84. The molecule has 18 heavy (non-hydrogen) atoms. The summed E-state index contributed by atoms with van der Waals surface area (Å²) in [5.41, 5.74) is 0. The minimum absolute atomic E-state index is 0.307. The Bertz CT molecular complexity index is 393. The van der Waals surface area contributed by atoms with Crippen LogP contribution >= 0.6 is 0 Å². The van der Waals surface area contributed by atoms with Gasteiger partial charge in [-0.05, 0) is 43.9 Å². The van der Waals surface area contributed by atoms with Crippen LogP contribution in [0.3, 0.4) is 0 Å². The van der Waals surface area contributed by atoms with Gasteiger partial charge in [0.05, 0.1) is 10.8 Å². The quantitative estimate of drug-likeness (QED) is 0.887. The molecular formula is C15H23NOS. The van der Waals surface area contributed by atoms with E-state index in [9.17, 15) is 4.21 Å². The van der Waals surface area contributed by atoms with Gasteiger partial charge in [0.15, 0.2) is 0 Å². The highest BCUT2D eigenvalue weighted by atomic mass is 32.2. The minimum atomic E-state index is -0.855. The Balaban J connectivity index is 2.00. The molecule has 1 aromatic rings. The summed E-state index contributed by atoms with van der Waals surface area (Å²) in [6, 6.07) is 10.4. The maximum absolute atomic E-state index is 12.6. The Morgan fingerprint density at radius 3 is 2.67 bits per heavy atom. The second kappa shape index (κ2) is 6.48. The summed E-state index contributed by atoms with van der Waals surface area (Å²) in [4.78, 5) is 0.977. The van der Waals surface area contributed by atoms with Gasteiger partial charge in [0.1, 0.15) is 0 Å². The monoisotopic (exact) mass is 265 g/mol. The number of hydrogen-bond acceptors (Lipinski definition) is 2. The van der Waals surface area contributed by atoms with Gasteiger partial charge in [-0.3, -0.25) is 4.21 Å². The van der Waals surface area contributed by atoms with E-state index in [0.717, 1.165) is 30.7 Å². The molecule has 0 amide bonds. The van der Waals surface area contributed by atoms with E-state index >= 15 is 0 Å². The first-order valence-corrected chi connectivity index (χ1v) is 8.14. The van der Waals surface area contributed by atoms with E-state index in [-0.39, 0.29) is 0 Å². The van der Waals surface area contributed by atoms with Crippen LogP contribution in [0, 0.1) is 5.92 Å². The molecule has 0 heterocycles. The molecule has 1 aliphatic carbocycles. The van der Waals surface area contributed by atoms with E-state index < -0.39 is 10.8 Å². The standard InChI is InChI=1S/C15H23NOS/c1-3-11-16-14-9-10-15(12(14)2)18(17)13-7-5-4-6-8-13/h4-8,12,14-16H,3,9-11H2,1-2H3. The van der Waals surface area contributed by atoms with Crippen LogP contribution in [0.5, 0.6) is 0 Å². The fourth-order valence-electron chi connectivity index (χ4n) is 2.78. The predicted octanol–water partition coefficient (Wildman–Crippen LogP) is 2.96. The van der Waals surface area contributed by atoms with Crippen LogP contribution in [0.15, 0.2) is 35.2 Å². The predicted molar refractivity (Wildman–Crippen MR) is 77.1 cm³/mol. The highest BCUT2D eigenvalue weighted by Crippen LogP contribution is 2.32. The number of rotatable bonds is 5. The summed E-state index contributed by atoms with van der Waals surface area (Å²) in [5, 5.41) is 3.89. The van der Waals surface area contributed by atoms with Crippen molar-refractivity contribution in [3.63, 3.8) is 0 Å². The molecule has 2 nitrogen and oxygen atoms in total. The van der Waals surface area contributed by atoms with Gasteiger partial charge >= 0.3 is 0 Å². The van der Waals surface area contributed by atoms with Crippen molar-refractivity contribution in [2.45, 2.75) is 49.3 Å². The van der Waals surface area contributed by atoms with Crippen molar-refractivity contribution in [1.29, 1.82) is 0 Å². The van der Waals surface area contributed by atoms with Crippen LogP contribution in [0.25, 0.3) is 0 Å². The normalized spacial score (nSPS) is 29.3. The van der Waals surface area contributed by atoms with Crippen molar-refractivity contribution >= 4 is 10.8 Å². The SMILES string of the molecule is CCCNC1CCC(S(=O)c2ccccc2)C1C. The van der Waals surface area contributed by atoms with Crippen LogP contribution < -0.4 is 5.32 Å². The summed E-state index contributed by atoms with van der Waals surface area (Å²) in [5.74, 6) is 0.498. The van der Waals surface area contributed by atoms with Crippen molar-refractivity contribution in [3.8, 4) is 0 Å². The highest BCUT2D eigenvalue weighted by molar-refractivity contribution is 7.85. The third-order valence-electron chi connectivity index (χ3n) is 3.89. The molecule has 100 valence electrons. The fourth-order valence-corrected chi connectivity index (χ4v) is 4.48. The first-order chi connectivity index (χ1) is 8.74. The molecule has 4 unspecified atom stereocenters. The van der Waals surface area contributed by atoms with Gasteiger partial charge in [-0.1, -0.05) is 32.0 Å². The van der Waals surface area contributed by atoms with Crippen molar-refractivity contribution < 1.29 is 4.21 Å². The smallest absolute Gasteiger partial charge is 0.0564 e. The Morgan fingerprint density at radius 1 is 1.28 bits per heavy atom. The third kappa shape index (κ3) is 3.01. The molecule has 0 radical (unpaired) electrons. The van der Waals surface area contributed by atoms with E-state index in [1.54, 1.807) is 0 Å². The van der Waals surface area contributed by atoms with Gasteiger partial charge in [0.2, 0.25) is 0 Å². The van der Waals surface area contributed by atoms with E-state index in [1.165, 1.54) is 0 Å². The number of nitrogens with one attached hydrogen (secondary N) is 1. The lowest BCUT2D eigenvalue weighted by molar-refractivity contribution is 0.429. The van der Waals surface area contributed by atoms with Gasteiger partial charge in [-0.15, -0.1) is 0 Å². The van der Waals surface area contributed by atoms with Gasteiger partial charge in [-0.2, -0.15) is 0 Å². The lowest BCUT2D eigenvalue weighted by Crippen LogP contribution is -2.35. The fraction of sp³-hybridized carbons (Fsp3) is 0.600. The Labute approximate surface area is 113 Å². The Kier molecular flexibility index (Phi) is 4.95. The van der Waals surface area contributed by atoms with Crippen LogP contribution in [0.4, 0.5) is 0 Å². The molecule has 0 spiro atoms. The second-order valence-electron chi connectivity index (χ2n) is 5.15. The maximum Gasteiger partial charge on any atom is 0.0564 e. The zero-order valence-electron chi connectivity index (χ0n) is 11.3. The average Bonchev–Trinajstić information content (AvgIpc) is 2.78. The largest absolute Gasteiger partial charge is 0.314 e. The van der Waals surface area contributed by atoms with E-state index in [4.69, 9.17) is 0 Å². The van der Waals surface area contributed by atoms with E-state index in [0.29, 0.717) is 17.2 Å². The topological polar surface area (TPSA) is 29.1 Å². The lowest BCUT2D eigenvalue weighted by atomic mass is 10.1. The maximum atomic E-state index is 12.6. The highest BCUT2D eigenvalue weighted by Gasteiger charge is 2.36. The Hall–Kier alpha value is -0.670. The van der Waals surface area contributed by atoms with Gasteiger partial charge < -0.3 is 5.32 Å². The molecule has 1 fully saturated rings. The molecule has 0 aliphatic heterocycles. The lowest BCUT2D eigenvalue weighted by Gasteiger charge is -2.21. The summed E-state index contributed by atoms with van der Waals surface area (Å²) in [7, 11) is -0.855. The van der Waals surface area contributed by atoms with Gasteiger partial charge in [0, 0.05) is 16.2 Å². The molecule has 1 N–H and O–H groups in total. The van der Waals surface area contributed by atoms with Crippen LogP contribution in [0.1, 0.15) is 33.1 Å². The number of benzene rings is 1. The zero-order valence-corrected chi connectivity index (χ0v) is 12.1. The van der Waals surface area contributed by atoms with Crippen molar-refractivity contribution in [2.24, 2.45) is 5.92 Å². The first-order valence-electron chi connectivity index (χ1n) is 6.93. The molecule has 1 aliphatic rings. The first kappa shape index (κ1) is 13.8. The summed E-state index contributed by atoms with van der Waals surface area (Å²) < 4.78 is 12.6. The molecule has 0 bridgehead atoms. The van der Waals surface area contributed by atoms with E-state index in [2.05, 4.69) is 19.2 Å². The minimum Gasteiger partial charge on any atom is -0.314 e. The molecular weight excluding hydrogens is 242 g/mol. The summed E-state index contributed by atoms with van der Waals surface area (Å²) in [6.07, 6.45) is 3.39. The van der Waals surface area contributed by atoms with Gasteiger partial charge in [0.25, 0.3) is 0 Å². The summed E-state index contributed by atoms with van der Waals surface area (Å²) >= 11 is 0. The van der Waals surface area contributed by atoms with Crippen LogP contribution in [-0.2, 0) is 10.8 Å². The second-order valence-corrected chi connectivity index (χ2v) is 6.82. The van der Waals surface area contributed by atoms with Crippen LogP contribution in [0.2, 0.25) is 0 Å². The molecule has 1 saturated carbocycles. The molecule has 0 aromatic heterocycles. The molecule has 4 atom stereocenters. The number of hydrogen-bond donors (Lipinski definition) is 1. The van der Waals surface area contributed by atoms with Crippen molar-refractivity contribution in [3.05, 3.63) is 30.3 Å². The van der Waals surface area contributed by atoms with Crippen molar-refractivity contribution in [1.82, 2.24) is 5.32 Å². The van der Waals surface area contributed by atoms with Crippen LogP contribution in [-0.4, -0.2) is 22.0 Å². The molecule has 0 saturated heterocycles. The zero-order chi connectivity index (χ0) is 13.0. The molecule has 2 rings (SSSR count). The molecule has 3 heteroatoms. The summed E-state index contributed by atoms with van der Waals surface area (Å²) in [6.45, 7) is 5.50. The van der Waals surface area contributed by atoms with Gasteiger partial charge in [-0.25, -0.2) is 0 Å². The van der Waals surface area contributed by atoms with Crippen molar-refractivity contribution in [2.75, 3.05) is 6.54 Å². The Morgan fingerprint density at radius 2 is 2.00 bits per heavy atom.